The van der Waals surface area contributed by atoms with Crippen molar-refractivity contribution >= 4 is 15.9 Å². The Balaban J connectivity index is 1.60. The molecule has 1 heterocycles. The summed E-state index contributed by atoms with van der Waals surface area (Å²) in [6.45, 7) is 2.90. The molecule has 3 rings (SSSR count). The van der Waals surface area contributed by atoms with Gasteiger partial charge in [0, 0.05) is 19.1 Å². The lowest BCUT2D eigenvalue weighted by atomic mass is 9.90. The van der Waals surface area contributed by atoms with Crippen LogP contribution in [-0.2, 0) is 29.2 Å². The van der Waals surface area contributed by atoms with Crippen LogP contribution in [0.1, 0.15) is 42.9 Å². The van der Waals surface area contributed by atoms with Crippen LogP contribution in [-0.4, -0.2) is 43.4 Å². The minimum atomic E-state index is -2.98. The predicted octanol–water partition coefficient (Wildman–Crippen LogP) is 2.28. The fraction of sp³-hybridized carbons (Fsp3) is 0.611. The molecule has 5 nitrogen and oxygen atoms in total. The number of fused-ring (bicyclic) bond motifs is 1. The van der Waals surface area contributed by atoms with Gasteiger partial charge >= 0.3 is 6.03 Å². The first-order chi connectivity index (χ1) is 11.5. The summed E-state index contributed by atoms with van der Waals surface area (Å²) in [5.74, 6) is 0.277. The van der Waals surface area contributed by atoms with E-state index in [1.165, 1.54) is 24.0 Å². The van der Waals surface area contributed by atoms with E-state index in [2.05, 4.69) is 23.5 Å². The highest BCUT2D eigenvalue weighted by atomic mass is 32.2. The molecule has 1 aliphatic heterocycles. The zero-order chi connectivity index (χ0) is 17.2. The zero-order valence-electron chi connectivity index (χ0n) is 14.3. The second-order valence-corrected chi connectivity index (χ2v) is 9.04. The molecule has 6 heteroatoms. The normalized spacial score (nSPS) is 22.0. The first-order valence-electron chi connectivity index (χ1n) is 8.84. The van der Waals surface area contributed by atoms with Crippen molar-refractivity contribution in [2.75, 3.05) is 18.1 Å². The number of hydrogen-bond donors (Lipinski definition) is 1. The second kappa shape index (κ2) is 7.13. The number of hydrogen-bond acceptors (Lipinski definition) is 3. The van der Waals surface area contributed by atoms with E-state index in [9.17, 15) is 13.2 Å². The van der Waals surface area contributed by atoms with E-state index in [1.807, 2.05) is 6.92 Å². The third-order valence-electron chi connectivity index (χ3n) is 5.11. The summed E-state index contributed by atoms with van der Waals surface area (Å²) in [4.78, 5) is 14.1. The maximum atomic E-state index is 12.5. The van der Waals surface area contributed by atoms with E-state index in [4.69, 9.17) is 0 Å². The Morgan fingerprint density at radius 3 is 2.67 bits per heavy atom. The van der Waals surface area contributed by atoms with Crippen molar-refractivity contribution in [3.05, 3.63) is 34.9 Å². The van der Waals surface area contributed by atoms with Gasteiger partial charge in [0.25, 0.3) is 0 Å². The number of nitrogens with one attached hydrogen (secondary N) is 1. The Kier molecular flexibility index (Phi) is 5.13. The van der Waals surface area contributed by atoms with Gasteiger partial charge in [-0.15, -0.1) is 0 Å². The minimum Gasteiger partial charge on any atom is -0.334 e. The van der Waals surface area contributed by atoms with Crippen molar-refractivity contribution in [2.45, 2.75) is 51.6 Å². The van der Waals surface area contributed by atoms with Crippen molar-refractivity contribution in [2.24, 2.45) is 0 Å². The summed E-state index contributed by atoms with van der Waals surface area (Å²) < 4.78 is 23.3. The fourth-order valence-electron chi connectivity index (χ4n) is 3.76. The molecule has 1 aromatic rings. The van der Waals surface area contributed by atoms with Gasteiger partial charge in [-0.25, -0.2) is 13.2 Å². The van der Waals surface area contributed by atoms with Crippen LogP contribution >= 0.6 is 0 Å². The molecule has 0 saturated carbocycles. The van der Waals surface area contributed by atoms with Crippen molar-refractivity contribution in [1.82, 2.24) is 10.2 Å². The Morgan fingerprint density at radius 2 is 2.00 bits per heavy atom. The number of benzene rings is 1. The summed E-state index contributed by atoms with van der Waals surface area (Å²) in [5.41, 5.74) is 3.95. The molecular weight excluding hydrogens is 324 g/mol. The van der Waals surface area contributed by atoms with Gasteiger partial charge < -0.3 is 10.2 Å². The van der Waals surface area contributed by atoms with E-state index < -0.39 is 9.84 Å². The van der Waals surface area contributed by atoms with Crippen LogP contribution in [0.15, 0.2) is 18.2 Å². The number of carbonyl (C=O) groups excluding carboxylic acids is 1. The van der Waals surface area contributed by atoms with E-state index in [0.717, 1.165) is 18.4 Å². The van der Waals surface area contributed by atoms with E-state index >= 15 is 0 Å². The van der Waals surface area contributed by atoms with Crippen LogP contribution in [0.3, 0.4) is 0 Å². The van der Waals surface area contributed by atoms with Crippen LogP contribution in [0, 0.1) is 0 Å². The van der Waals surface area contributed by atoms with Gasteiger partial charge in [0.05, 0.1) is 11.5 Å². The van der Waals surface area contributed by atoms with Crippen LogP contribution < -0.4 is 5.32 Å². The summed E-state index contributed by atoms with van der Waals surface area (Å²) in [6.07, 6.45) is 5.32. The van der Waals surface area contributed by atoms with Gasteiger partial charge in [-0.1, -0.05) is 18.2 Å². The number of amides is 2. The maximum absolute atomic E-state index is 12.5. The van der Waals surface area contributed by atoms with Crippen LogP contribution in [0.25, 0.3) is 0 Å². The minimum absolute atomic E-state index is 0.0904. The molecule has 2 aliphatic rings. The second-order valence-electron chi connectivity index (χ2n) is 6.81. The third-order valence-corrected chi connectivity index (χ3v) is 6.86. The number of urea groups is 1. The maximum Gasteiger partial charge on any atom is 0.317 e. The summed E-state index contributed by atoms with van der Waals surface area (Å²) >= 11 is 0. The summed E-state index contributed by atoms with van der Waals surface area (Å²) in [5, 5.41) is 2.95. The number of carbonyl (C=O) groups is 1. The smallest absolute Gasteiger partial charge is 0.317 e. The highest BCUT2D eigenvalue weighted by Gasteiger charge is 2.33. The van der Waals surface area contributed by atoms with Crippen LogP contribution in [0.5, 0.6) is 0 Å². The van der Waals surface area contributed by atoms with Crippen LogP contribution in [0.4, 0.5) is 4.79 Å². The summed E-state index contributed by atoms with van der Waals surface area (Å²) in [7, 11) is -2.98. The Hall–Kier alpha value is -1.56. The molecule has 0 bridgehead atoms. The van der Waals surface area contributed by atoms with Gasteiger partial charge in [-0.3, -0.25) is 0 Å². The molecule has 1 saturated heterocycles. The monoisotopic (exact) mass is 350 g/mol. The number of rotatable bonds is 4. The molecule has 1 aromatic carbocycles. The van der Waals surface area contributed by atoms with Gasteiger partial charge in [0.15, 0.2) is 9.84 Å². The molecule has 1 fully saturated rings. The highest BCUT2D eigenvalue weighted by molar-refractivity contribution is 7.91. The molecule has 24 heavy (non-hydrogen) atoms. The molecule has 0 aromatic heterocycles. The van der Waals surface area contributed by atoms with Crippen molar-refractivity contribution < 1.29 is 13.2 Å². The molecule has 1 atom stereocenters. The number of sulfone groups is 1. The van der Waals surface area contributed by atoms with Crippen LogP contribution in [0.2, 0.25) is 0 Å². The molecular formula is C18H26N2O3S. The molecule has 2 amide bonds. The van der Waals surface area contributed by atoms with E-state index in [0.29, 0.717) is 19.5 Å². The fourth-order valence-corrected chi connectivity index (χ4v) is 5.50. The Bertz CT molecular complexity index is 715. The SMILES string of the molecule is CCN(C(=O)NCc1ccc2c(c1)CCCC2)[C@H]1CCS(=O)(=O)C1. The number of nitrogens with zero attached hydrogens (tertiary/aromatic N) is 1. The standard InChI is InChI=1S/C18H26N2O3S/c1-2-20(17-9-10-24(22,23)13-17)18(21)19-12-14-7-8-15-5-3-4-6-16(15)11-14/h7-8,11,17H,2-6,9-10,12-13H2,1H3,(H,19,21)/t17-/m0/s1. The molecule has 0 radical (unpaired) electrons. The van der Waals surface area contributed by atoms with Crippen molar-refractivity contribution in [3.8, 4) is 0 Å². The lowest BCUT2D eigenvalue weighted by molar-refractivity contribution is 0.183. The van der Waals surface area contributed by atoms with Gasteiger partial charge in [-0.05, 0) is 55.7 Å². The largest absolute Gasteiger partial charge is 0.334 e. The number of aryl methyl sites for hydroxylation is 2. The highest BCUT2D eigenvalue weighted by Crippen LogP contribution is 2.22. The van der Waals surface area contributed by atoms with Gasteiger partial charge in [0.2, 0.25) is 0 Å². The first-order valence-corrected chi connectivity index (χ1v) is 10.7. The average molecular weight is 350 g/mol. The zero-order valence-corrected chi connectivity index (χ0v) is 15.1. The lowest BCUT2D eigenvalue weighted by Crippen LogP contribution is -2.46. The van der Waals surface area contributed by atoms with E-state index in [1.54, 1.807) is 4.90 Å². The first kappa shape index (κ1) is 17.3. The lowest BCUT2D eigenvalue weighted by Gasteiger charge is -2.27. The van der Waals surface area contributed by atoms with Crippen molar-refractivity contribution in [1.29, 1.82) is 0 Å². The van der Waals surface area contributed by atoms with Crippen molar-refractivity contribution in [3.63, 3.8) is 0 Å². The third kappa shape index (κ3) is 3.91. The molecule has 1 aliphatic carbocycles. The molecule has 0 unspecified atom stereocenters. The molecule has 132 valence electrons. The van der Waals surface area contributed by atoms with Gasteiger partial charge in [0.1, 0.15) is 0 Å². The predicted molar refractivity (Wildman–Crippen MR) is 94.8 cm³/mol. The van der Waals surface area contributed by atoms with E-state index in [-0.39, 0.29) is 23.6 Å². The molecule has 0 spiro atoms. The topological polar surface area (TPSA) is 66.5 Å². The summed E-state index contributed by atoms with van der Waals surface area (Å²) in [6, 6.07) is 6.10. The Labute approximate surface area is 144 Å². The van der Waals surface area contributed by atoms with Gasteiger partial charge in [-0.2, -0.15) is 0 Å². The quantitative estimate of drug-likeness (QED) is 0.906. The average Bonchev–Trinajstić information content (AvgIpc) is 2.93. The molecule has 1 N–H and O–H groups in total. The Morgan fingerprint density at radius 1 is 1.25 bits per heavy atom.